The van der Waals surface area contributed by atoms with E-state index in [1.54, 1.807) is 0 Å². The summed E-state index contributed by atoms with van der Waals surface area (Å²) < 4.78 is 5.88. The molecule has 1 N–H and O–H groups in total. The summed E-state index contributed by atoms with van der Waals surface area (Å²) in [5.74, 6) is 0. The first kappa shape index (κ1) is 14.2. The molecule has 1 fully saturated rings. The van der Waals surface area contributed by atoms with Crippen LogP contribution in [0.15, 0.2) is 48.7 Å². The van der Waals surface area contributed by atoms with Crippen molar-refractivity contribution >= 4 is 0 Å². The highest BCUT2D eigenvalue weighted by atomic mass is 16.5. The molecule has 1 unspecified atom stereocenters. The minimum atomic E-state index is 0.0872. The molecule has 1 aliphatic rings. The van der Waals surface area contributed by atoms with Crippen molar-refractivity contribution in [2.75, 3.05) is 0 Å². The number of hydrogen-bond acceptors (Lipinski definition) is 3. The Morgan fingerprint density at radius 3 is 2.67 bits per heavy atom. The molecule has 3 rings (SSSR count). The fourth-order valence-corrected chi connectivity index (χ4v) is 2.23. The van der Waals surface area contributed by atoms with E-state index in [4.69, 9.17) is 4.74 Å². The van der Waals surface area contributed by atoms with Crippen molar-refractivity contribution in [1.29, 1.82) is 0 Å². The van der Waals surface area contributed by atoms with Gasteiger partial charge in [0, 0.05) is 18.8 Å². The Labute approximate surface area is 126 Å². The first-order valence-corrected chi connectivity index (χ1v) is 7.65. The Bertz CT molecular complexity index is 549. The highest BCUT2D eigenvalue weighted by molar-refractivity contribution is 5.17. The zero-order chi connectivity index (χ0) is 14.5. The predicted octanol–water partition coefficient (Wildman–Crippen LogP) is 3.61. The maximum Gasteiger partial charge on any atom is 0.0896 e. The molecule has 0 aliphatic heterocycles. The van der Waals surface area contributed by atoms with Crippen molar-refractivity contribution in [3.8, 4) is 0 Å². The van der Waals surface area contributed by atoms with Crippen LogP contribution in [-0.2, 0) is 17.9 Å². The molecule has 1 atom stereocenters. The average molecular weight is 282 g/mol. The van der Waals surface area contributed by atoms with Crippen LogP contribution in [0.5, 0.6) is 0 Å². The van der Waals surface area contributed by atoms with E-state index in [0.29, 0.717) is 6.61 Å². The van der Waals surface area contributed by atoms with E-state index in [9.17, 15) is 0 Å². The van der Waals surface area contributed by atoms with E-state index in [1.807, 2.05) is 24.4 Å². The maximum atomic E-state index is 5.88. The third kappa shape index (κ3) is 4.38. The molecule has 3 nitrogen and oxygen atoms in total. The summed E-state index contributed by atoms with van der Waals surface area (Å²) in [6.45, 7) is 3.54. The normalized spacial score (nSPS) is 15.9. The second-order valence-electron chi connectivity index (χ2n) is 5.68. The molecule has 0 spiro atoms. The van der Waals surface area contributed by atoms with Crippen LogP contribution in [-0.4, -0.2) is 11.0 Å². The van der Waals surface area contributed by atoms with E-state index < -0.39 is 0 Å². The second-order valence-corrected chi connectivity index (χ2v) is 5.68. The monoisotopic (exact) mass is 282 g/mol. The number of aromatic nitrogens is 1. The molecule has 1 saturated carbocycles. The zero-order valence-corrected chi connectivity index (χ0v) is 12.5. The van der Waals surface area contributed by atoms with Gasteiger partial charge >= 0.3 is 0 Å². The van der Waals surface area contributed by atoms with E-state index >= 15 is 0 Å². The Balaban J connectivity index is 1.48. The lowest BCUT2D eigenvalue weighted by molar-refractivity contribution is 0.0505. The van der Waals surface area contributed by atoms with Gasteiger partial charge in [0.1, 0.15) is 0 Å². The van der Waals surface area contributed by atoms with Gasteiger partial charge in [0.05, 0.1) is 18.4 Å². The molecule has 110 valence electrons. The lowest BCUT2D eigenvalue weighted by Gasteiger charge is -2.13. The Morgan fingerprint density at radius 1 is 1.19 bits per heavy atom. The summed E-state index contributed by atoms with van der Waals surface area (Å²) in [5, 5.41) is 3.49. The fourth-order valence-electron chi connectivity index (χ4n) is 2.23. The van der Waals surface area contributed by atoms with Crippen LogP contribution in [0.1, 0.15) is 42.7 Å². The van der Waals surface area contributed by atoms with Crippen molar-refractivity contribution in [3.05, 3.63) is 65.5 Å². The predicted molar refractivity (Wildman–Crippen MR) is 83.7 cm³/mol. The summed E-state index contributed by atoms with van der Waals surface area (Å²) in [7, 11) is 0. The maximum absolute atomic E-state index is 5.88. The summed E-state index contributed by atoms with van der Waals surface area (Å²) in [6.07, 6.45) is 4.67. The van der Waals surface area contributed by atoms with Crippen LogP contribution in [0, 0.1) is 0 Å². The Kier molecular flexibility index (Phi) is 4.63. The molecular weight excluding hydrogens is 260 g/mol. The number of benzene rings is 1. The van der Waals surface area contributed by atoms with Gasteiger partial charge in [0.15, 0.2) is 0 Å². The molecule has 1 aromatic carbocycles. The minimum Gasteiger partial charge on any atom is -0.368 e. The number of nitrogens with one attached hydrogen (secondary N) is 1. The lowest BCUT2D eigenvalue weighted by atomic mass is 10.1. The smallest absolute Gasteiger partial charge is 0.0896 e. The highest BCUT2D eigenvalue weighted by Crippen LogP contribution is 2.19. The average Bonchev–Trinajstić information content (AvgIpc) is 3.37. The van der Waals surface area contributed by atoms with Crippen molar-refractivity contribution in [2.24, 2.45) is 0 Å². The van der Waals surface area contributed by atoms with E-state index in [-0.39, 0.29) is 6.10 Å². The molecule has 1 aliphatic carbocycles. The van der Waals surface area contributed by atoms with E-state index in [2.05, 4.69) is 41.5 Å². The van der Waals surface area contributed by atoms with Gasteiger partial charge in [-0.15, -0.1) is 0 Å². The van der Waals surface area contributed by atoms with Crippen molar-refractivity contribution in [3.63, 3.8) is 0 Å². The molecule has 0 saturated heterocycles. The molecule has 1 heterocycles. The van der Waals surface area contributed by atoms with E-state index in [0.717, 1.165) is 18.3 Å². The number of rotatable bonds is 7. The largest absolute Gasteiger partial charge is 0.368 e. The Morgan fingerprint density at radius 2 is 2.00 bits per heavy atom. The van der Waals surface area contributed by atoms with Crippen LogP contribution < -0.4 is 5.32 Å². The van der Waals surface area contributed by atoms with Crippen LogP contribution in [0.25, 0.3) is 0 Å². The molecule has 3 heteroatoms. The summed E-state index contributed by atoms with van der Waals surface area (Å²) in [4.78, 5) is 4.48. The SMILES string of the molecule is CC(OCc1ccc(CNC2CC2)cn1)c1ccccc1. The highest BCUT2D eigenvalue weighted by Gasteiger charge is 2.19. The van der Waals surface area contributed by atoms with Gasteiger partial charge in [-0.25, -0.2) is 0 Å². The standard InChI is InChI=1S/C18H22N2O/c1-14(16-5-3-2-4-6-16)21-13-18-8-7-15(12-20-18)11-19-17-9-10-17/h2-8,12,14,17,19H,9-11,13H2,1H3. The van der Waals surface area contributed by atoms with Crippen molar-refractivity contribution < 1.29 is 4.74 Å². The van der Waals surface area contributed by atoms with Crippen molar-refractivity contribution in [1.82, 2.24) is 10.3 Å². The van der Waals surface area contributed by atoms with Gasteiger partial charge in [-0.2, -0.15) is 0 Å². The molecule has 0 amide bonds. The topological polar surface area (TPSA) is 34.1 Å². The molecule has 0 radical (unpaired) electrons. The number of nitrogens with zero attached hydrogens (tertiary/aromatic N) is 1. The van der Waals surface area contributed by atoms with Crippen LogP contribution in [0.4, 0.5) is 0 Å². The first-order valence-electron chi connectivity index (χ1n) is 7.65. The van der Waals surface area contributed by atoms with Gasteiger partial charge in [-0.05, 0) is 37.0 Å². The van der Waals surface area contributed by atoms with Gasteiger partial charge < -0.3 is 10.1 Å². The Hall–Kier alpha value is -1.71. The third-order valence-electron chi connectivity index (χ3n) is 3.81. The van der Waals surface area contributed by atoms with E-state index in [1.165, 1.54) is 24.0 Å². The lowest BCUT2D eigenvalue weighted by Crippen LogP contribution is -2.15. The molecule has 21 heavy (non-hydrogen) atoms. The fraction of sp³-hybridized carbons (Fsp3) is 0.389. The van der Waals surface area contributed by atoms with Gasteiger partial charge in [-0.1, -0.05) is 36.4 Å². The molecule has 2 aromatic rings. The van der Waals surface area contributed by atoms with Gasteiger partial charge in [0.25, 0.3) is 0 Å². The second kappa shape index (κ2) is 6.83. The number of pyridine rings is 1. The summed E-state index contributed by atoms with van der Waals surface area (Å²) in [6, 6.07) is 15.2. The molecule has 1 aromatic heterocycles. The van der Waals surface area contributed by atoms with Gasteiger partial charge in [-0.3, -0.25) is 4.98 Å². The molecule has 0 bridgehead atoms. The first-order chi connectivity index (χ1) is 10.3. The minimum absolute atomic E-state index is 0.0872. The third-order valence-corrected chi connectivity index (χ3v) is 3.81. The zero-order valence-electron chi connectivity index (χ0n) is 12.5. The van der Waals surface area contributed by atoms with Gasteiger partial charge in [0.2, 0.25) is 0 Å². The van der Waals surface area contributed by atoms with Crippen LogP contribution in [0.2, 0.25) is 0 Å². The van der Waals surface area contributed by atoms with Crippen LogP contribution in [0.3, 0.4) is 0 Å². The summed E-state index contributed by atoms with van der Waals surface area (Å²) >= 11 is 0. The number of hydrogen-bond donors (Lipinski definition) is 1. The number of ether oxygens (including phenoxy) is 1. The quantitative estimate of drug-likeness (QED) is 0.842. The molecular formula is C18H22N2O. The van der Waals surface area contributed by atoms with Crippen LogP contribution >= 0.6 is 0 Å². The van der Waals surface area contributed by atoms with Crippen molar-refractivity contribution in [2.45, 2.75) is 45.1 Å². The summed E-state index contributed by atoms with van der Waals surface area (Å²) in [5.41, 5.74) is 3.41.